The van der Waals surface area contributed by atoms with Gasteiger partial charge in [-0.1, -0.05) is 32.0 Å². The van der Waals surface area contributed by atoms with Crippen molar-refractivity contribution in [3.05, 3.63) is 53.7 Å². The number of rotatable bonds is 7. The van der Waals surface area contributed by atoms with Crippen molar-refractivity contribution < 1.29 is 9.84 Å². The molecule has 0 aliphatic rings. The molecule has 0 aliphatic carbocycles. The fourth-order valence-electron chi connectivity index (χ4n) is 1.86. The number of aliphatic hydroxyl groups is 1. The second-order valence-corrected chi connectivity index (χ2v) is 5.43. The van der Waals surface area contributed by atoms with Gasteiger partial charge < -0.3 is 15.2 Å². The molecule has 0 atom stereocenters. The molecule has 0 fully saturated rings. The molecule has 2 aromatic rings. The monoisotopic (exact) mass is 286 g/mol. The Bertz CT molecular complexity index is 536. The molecule has 4 nitrogen and oxygen atoms in total. The number of aromatic nitrogens is 1. The second-order valence-electron chi connectivity index (χ2n) is 5.43. The van der Waals surface area contributed by atoms with Gasteiger partial charge in [-0.25, -0.2) is 4.98 Å². The van der Waals surface area contributed by atoms with E-state index in [9.17, 15) is 0 Å². The van der Waals surface area contributed by atoms with Gasteiger partial charge in [0.05, 0.1) is 6.61 Å². The summed E-state index contributed by atoms with van der Waals surface area (Å²) in [6.07, 6.45) is 1.82. The van der Waals surface area contributed by atoms with E-state index in [1.165, 1.54) is 0 Å². The number of nitrogens with zero attached hydrogens (tertiary/aromatic N) is 1. The predicted molar refractivity (Wildman–Crippen MR) is 83.2 cm³/mol. The van der Waals surface area contributed by atoms with E-state index in [0.717, 1.165) is 24.2 Å². The molecule has 1 aromatic carbocycles. The van der Waals surface area contributed by atoms with Gasteiger partial charge in [0.1, 0.15) is 5.75 Å². The average molecular weight is 286 g/mol. The van der Waals surface area contributed by atoms with Gasteiger partial charge in [0, 0.05) is 18.8 Å². The van der Waals surface area contributed by atoms with E-state index in [2.05, 4.69) is 24.1 Å². The Hall–Kier alpha value is -1.91. The maximum absolute atomic E-state index is 8.99. The van der Waals surface area contributed by atoms with Crippen LogP contribution in [0.5, 0.6) is 11.6 Å². The van der Waals surface area contributed by atoms with E-state index in [1.807, 2.05) is 42.6 Å². The molecule has 112 valence electrons. The number of nitrogens with one attached hydrogen (secondary N) is 1. The summed E-state index contributed by atoms with van der Waals surface area (Å²) in [5.74, 6) is 1.92. The molecule has 0 amide bonds. The third-order valence-electron chi connectivity index (χ3n) is 3.01. The fraction of sp³-hybridized carbons (Fsp3) is 0.353. The third kappa shape index (κ3) is 5.17. The van der Waals surface area contributed by atoms with Crippen LogP contribution in [0.25, 0.3) is 0 Å². The number of hydrogen-bond donors (Lipinski definition) is 2. The van der Waals surface area contributed by atoms with Gasteiger partial charge in [0.2, 0.25) is 5.88 Å². The average Bonchev–Trinajstić information content (AvgIpc) is 2.49. The first-order valence-corrected chi connectivity index (χ1v) is 7.20. The van der Waals surface area contributed by atoms with E-state index >= 15 is 0 Å². The molecule has 2 N–H and O–H groups in total. The molecule has 0 spiro atoms. The largest absolute Gasteiger partial charge is 0.439 e. The zero-order chi connectivity index (χ0) is 15.1. The number of aliphatic hydroxyl groups excluding tert-OH is 1. The lowest BCUT2D eigenvalue weighted by Crippen LogP contribution is -2.18. The highest BCUT2D eigenvalue weighted by atomic mass is 16.5. The van der Waals surface area contributed by atoms with Crippen LogP contribution in [0.1, 0.15) is 25.0 Å². The first-order chi connectivity index (χ1) is 10.2. The van der Waals surface area contributed by atoms with E-state index in [0.29, 0.717) is 17.5 Å². The Labute approximate surface area is 125 Å². The van der Waals surface area contributed by atoms with Crippen molar-refractivity contribution in [2.75, 3.05) is 6.54 Å². The molecular weight excluding hydrogens is 264 g/mol. The van der Waals surface area contributed by atoms with Gasteiger partial charge in [-0.3, -0.25) is 0 Å². The lowest BCUT2D eigenvalue weighted by molar-refractivity contribution is 0.281. The fourth-order valence-corrected chi connectivity index (χ4v) is 1.86. The molecule has 0 aliphatic heterocycles. The quantitative estimate of drug-likeness (QED) is 0.821. The summed E-state index contributed by atoms with van der Waals surface area (Å²) in [6.45, 7) is 6.22. The summed E-state index contributed by atoms with van der Waals surface area (Å²) in [6, 6.07) is 11.2. The predicted octanol–water partition coefficient (Wildman–Crippen LogP) is 3.11. The number of ether oxygens (including phenoxy) is 1. The lowest BCUT2D eigenvalue weighted by Gasteiger charge is -2.08. The van der Waals surface area contributed by atoms with E-state index in [4.69, 9.17) is 9.84 Å². The van der Waals surface area contributed by atoms with Gasteiger partial charge in [-0.2, -0.15) is 0 Å². The number of benzene rings is 1. The minimum Gasteiger partial charge on any atom is -0.439 e. The Kier molecular flexibility index (Phi) is 5.72. The highest BCUT2D eigenvalue weighted by molar-refractivity contribution is 5.30. The Balaban J connectivity index is 1.89. The molecule has 0 saturated carbocycles. The Morgan fingerprint density at radius 2 is 1.81 bits per heavy atom. The first kappa shape index (κ1) is 15.5. The molecule has 0 unspecified atom stereocenters. The lowest BCUT2D eigenvalue weighted by atomic mass is 10.2. The zero-order valence-corrected chi connectivity index (χ0v) is 12.5. The number of hydrogen-bond acceptors (Lipinski definition) is 4. The van der Waals surface area contributed by atoms with Crippen molar-refractivity contribution in [2.45, 2.75) is 27.0 Å². The highest BCUT2D eigenvalue weighted by Crippen LogP contribution is 2.19. The van der Waals surface area contributed by atoms with Gasteiger partial charge in [-0.05, 0) is 35.7 Å². The van der Waals surface area contributed by atoms with Crippen LogP contribution < -0.4 is 10.1 Å². The Morgan fingerprint density at radius 1 is 1.10 bits per heavy atom. The van der Waals surface area contributed by atoms with Crippen LogP contribution in [0, 0.1) is 5.92 Å². The van der Waals surface area contributed by atoms with Crippen molar-refractivity contribution in [1.82, 2.24) is 10.3 Å². The van der Waals surface area contributed by atoms with Gasteiger partial charge in [0.25, 0.3) is 0 Å². The summed E-state index contributed by atoms with van der Waals surface area (Å²) >= 11 is 0. The maximum atomic E-state index is 8.99. The van der Waals surface area contributed by atoms with E-state index < -0.39 is 0 Å². The molecule has 0 radical (unpaired) electrons. The highest BCUT2D eigenvalue weighted by Gasteiger charge is 2.00. The molecule has 0 bridgehead atoms. The molecule has 4 heteroatoms. The summed E-state index contributed by atoms with van der Waals surface area (Å²) < 4.78 is 5.66. The minimum atomic E-state index is 0.0383. The van der Waals surface area contributed by atoms with Gasteiger partial charge in [-0.15, -0.1) is 0 Å². The maximum Gasteiger partial charge on any atom is 0.219 e. The van der Waals surface area contributed by atoms with Crippen LogP contribution in [0.2, 0.25) is 0 Å². The van der Waals surface area contributed by atoms with Crippen molar-refractivity contribution in [1.29, 1.82) is 0 Å². The second kappa shape index (κ2) is 7.76. The summed E-state index contributed by atoms with van der Waals surface area (Å²) in [4.78, 5) is 4.30. The van der Waals surface area contributed by atoms with Crippen molar-refractivity contribution in [3.63, 3.8) is 0 Å². The van der Waals surface area contributed by atoms with E-state index in [-0.39, 0.29) is 6.61 Å². The molecule has 0 saturated heterocycles. The molecule has 1 aromatic heterocycles. The summed E-state index contributed by atoms with van der Waals surface area (Å²) in [7, 11) is 0. The van der Waals surface area contributed by atoms with Crippen LogP contribution in [-0.4, -0.2) is 16.6 Å². The van der Waals surface area contributed by atoms with E-state index in [1.54, 1.807) is 0 Å². The normalized spacial score (nSPS) is 10.9. The smallest absolute Gasteiger partial charge is 0.219 e. The zero-order valence-electron chi connectivity index (χ0n) is 12.5. The molecule has 21 heavy (non-hydrogen) atoms. The van der Waals surface area contributed by atoms with Crippen molar-refractivity contribution >= 4 is 0 Å². The molecule has 2 rings (SSSR count). The first-order valence-electron chi connectivity index (χ1n) is 7.20. The molecular formula is C17H22N2O2. The van der Waals surface area contributed by atoms with Crippen LogP contribution in [0.3, 0.4) is 0 Å². The number of pyridine rings is 1. The standard InChI is InChI=1S/C17H22N2O2/c1-13(2)9-18-10-15-5-8-17(19-11-15)21-16-6-3-14(12-20)4-7-16/h3-8,11,13,18,20H,9-10,12H2,1-2H3. The van der Waals surface area contributed by atoms with Gasteiger partial charge >= 0.3 is 0 Å². The molecule has 1 heterocycles. The summed E-state index contributed by atoms with van der Waals surface area (Å²) in [5, 5.41) is 12.4. The van der Waals surface area contributed by atoms with Crippen LogP contribution >= 0.6 is 0 Å². The van der Waals surface area contributed by atoms with Crippen molar-refractivity contribution in [3.8, 4) is 11.6 Å². The van der Waals surface area contributed by atoms with Crippen molar-refractivity contribution in [2.24, 2.45) is 5.92 Å². The van der Waals surface area contributed by atoms with Crippen LogP contribution in [0.4, 0.5) is 0 Å². The topological polar surface area (TPSA) is 54.4 Å². The summed E-state index contributed by atoms with van der Waals surface area (Å²) in [5.41, 5.74) is 2.00. The SMILES string of the molecule is CC(C)CNCc1ccc(Oc2ccc(CO)cc2)nc1. The Morgan fingerprint density at radius 3 is 2.38 bits per heavy atom. The third-order valence-corrected chi connectivity index (χ3v) is 3.01. The van der Waals surface area contributed by atoms with Gasteiger partial charge in [0.15, 0.2) is 0 Å². The van der Waals surface area contributed by atoms with Crippen LogP contribution in [0.15, 0.2) is 42.6 Å². The minimum absolute atomic E-state index is 0.0383. The van der Waals surface area contributed by atoms with Crippen LogP contribution in [-0.2, 0) is 13.2 Å².